The lowest BCUT2D eigenvalue weighted by atomic mass is 10.0. The molecule has 0 aliphatic heterocycles. The van der Waals surface area contributed by atoms with Crippen LogP contribution in [0.1, 0.15) is 40.9 Å². The first-order valence-corrected chi connectivity index (χ1v) is 11.4. The molecule has 1 aromatic carbocycles. The van der Waals surface area contributed by atoms with Crippen molar-refractivity contribution in [3.8, 4) is 28.3 Å². The van der Waals surface area contributed by atoms with Crippen molar-refractivity contribution in [1.82, 2.24) is 20.3 Å². The fraction of sp³-hybridized carbons (Fsp3) is 0.214. The monoisotopic (exact) mass is 452 g/mol. The average Bonchev–Trinajstić information content (AvgIpc) is 2.88. The predicted molar refractivity (Wildman–Crippen MR) is 134 cm³/mol. The standard InChI is InChI=1S/C28H28N4O2/c1-4-21-10-9-20(13-26(21)34-5-2)16-32-28(33)24-14-23(22-12-19(3)15-29-17-22)18-31-27(24)25-8-6-7-11-30-25/h6-15,17-18H,4-5,16H2,1-3H3,(H,32,33). The van der Waals surface area contributed by atoms with Gasteiger partial charge in [-0.25, -0.2) is 0 Å². The van der Waals surface area contributed by atoms with Crippen molar-refractivity contribution >= 4 is 5.91 Å². The van der Waals surface area contributed by atoms with Crippen LogP contribution in [0.2, 0.25) is 0 Å². The third kappa shape index (κ3) is 5.29. The van der Waals surface area contributed by atoms with Crippen molar-refractivity contribution in [3.05, 3.63) is 95.6 Å². The second-order valence-electron chi connectivity index (χ2n) is 8.00. The van der Waals surface area contributed by atoms with E-state index in [0.29, 0.717) is 30.1 Å². The zero-order valence-electron chi connectivity index (χ0n) is 19.7. The van der Waals surface area contributed by atoms with Crippen LogP contribution in [0, 0.1) is 6.92 Å². The van der Waals surface area contributed by atoms with Crippen molar-refractivity contribution in [3.63, 3.8) is 0 Å². The Labute approximate surface area is 200 Å². The van der Waals surface area contributed by atoms with E-state index >= 15 is 0 Å². The summed E-state index contributed by atoms with van der Waals surface area (Å²) in [6.45, 7) is 7.03. The van der Waals surface area contributed by atoms with Gasteiger partial charge in [0.15, 0.2) is 0 Å². The van der Waals surface area contributed by atoms with Crippen LogP contribution in [0.25, 0.3) is 22.5 Å². The van der Waals surface area contributed by atoms with Gasteiger partial charge in [-0.2, -0.15) is 0 Å². The molecule has 0 fully saturated rings. The Kier molecular flexibility index (Phi) is 7.28. The maximum atomic E-state index is 13.4. The van der Waals surface area contributed by atoms with Crippen molar-refractivity contribution in [2.75, 3.05) is 6.61 Å². The van der Waals surface area contributed by atoms with E-state index in [1.807, 2.05) is 56.3 Å². The molecule has 0 aliphatic carbocycles. The van der Waals surface area contributed by atoms with Gasteiger partial charge in [0.1, 0.15) is 11.4 Å². The number of pyridine rings is 3. The number of carbonyl (C=O) groups is 1. The molecule has 1 amide bonds. The first kappa shape index (κ1) is 23.1. The lowest BCUT2D eigenvalue weighted by Crippen LogP contribution is -2.24. The first-order chi connectivity index (χ1) is 16.6. The van der Waals surface area contributed by atoms with Gasteiger partial charge in [0.25, 0.3) is 5.91 Å². The van der Waals surface area contributed by atoms with Crippen LogP contribution in [-0.2, 0) is 13.0 Å². The van der Waals surface area contributed by atoms with Crippen LogP contribution in [0.5, 0.6) is 5.75 Å². The first-order valence-electron chi connectivity index (χ1n) is 11.4. The van der Waals surface area contributed by atoms with Gasteiger partial charge < -0.3 is 10.1 Å². The van der Waals surface area contributed by atoms with Crippen LogP contribution in [0.3, 0.4) is 0 Å². The molecule has 0 saturated heterocycles. The highest BCUT2D eigenvalue weighted by molar-refractivity contribution is 6.00. The van der Waals surface area contributed by atoms with Gasteiger partial charge in [-0.05, 0) is 67.3 Å². The highest BCUT2D eigenvalue weighted by Gasteiger charge is 2.17. The van der Waals surface area contributed by atoms with Gasteiger partial charge in [-0.3, -0.25) is 19.7 Å². The number of nitrogens with one attached hydrogen (secondary N) is 1. The smallest absolute Gasteiger partial charge is 0.253 e. The van der Waals surface area contributed by atoms with Gasteiger partial charge in [0, 0.05) is 42.5 Å². The minimum atomic E-state index is -0.215. The van der Waals surface area contributed by atoms with E-state index in [9.17, 15) is 4.79 Å². The average molecular weight is 453 g/mol. The minimum absolute atomic E-state index is 0.215. The molecule has 0 saturated carbocycles. The maximum Gasteiger partial charge on any atom is 0.253 e. The molecular formula is C28H28N4O2. The van der Waals surface area contributed by atoms with Gasteiger partial charge in [-0.1, -0.05) is 25.1 Å². The van der Waals surface area contributed by atoms with E-state index in [4.69, 9.17) is 4.74 Å². The topological polar surface area (TPSA) is 77.0 Å². The third-order valence-electron chi connectivity index (χ3n) is 5.51. The second-order valence-corrected chi connectivity index (χ2v) is 8.00. The normalized spacial score (nSPS) is 10.7. The van der Waals surface area contributed by atoms with Crippen molar-refractivity contribution in [1.29, 1.82) is 0 Å². The molecular weight excluding hydrogens is 424 g/mol. The van der Waals surface area contributed by atoms with Crippen LogP contribution in [-0.4, -0.2) is 27.5 Å². The van der Waals surface area contributed by atoms with Gasteiger partial charge in [0.05, 0.1) is 17.9 Å². The van der Waals surface area contributed by atoms with Crippen LogP contribution in [0.4, 0.5) is 0 Å². The molecule has 1 N–H and O–H groups in total. The van der Waals surface area contributed by atoms with E-state index in [1.165, 1.54) is 0 Å². The number of hydrogen-bond acceptors (Lipinski definition) is 5. The Morgan fingerprint density at radius 1 is 0.971 bits per heavy atom. The van der Waals surface area contributed by atoms with Crippen LogP contribution < -0.4 is 10.1 Å². The number of rotatable bonds is 8. The Morgan fingerprint density at radius 3 is 2.56 bits per heavy atom. The van der Waals surface area contributed by atoms with Crippen molar-refractivity contribution in [2.45, 2.75) is 33.7 Å². The molecule has 6 heteroatoms. The van der Waals surface area contributed by atoms with Gasteiger partial charge >= 0.3 is 0 Å². The number of benzene rings is 1. The van der Waals surface area contributed by atoms with Crippen molar-refractivity contribution in [2.24, 2.45) is 0 Å². The SMILES string of the molecule is CCOc1cc(CNC(=O)c2cc(-c3cncc(C)c3)cnc2-c2ccccn2)ccc1CC. The van der Waals surface area contributed by atoms with E-state index in [-0.39, 0.29) is 5.91 Å². The second kappa shape index (κ2) is 10.7. The predicted octanol–water partition coefficient (Wildman–Crippen LogP) is 5.41. The summed E-state index contributed by atoms with van der Waals surface area (Å²) in [7, 11) is 0. The molecule has 0 bridgehead atoms. The summed E-state index contributed by atoms with van der Waals surface area (Å²) < 4.78 is 5.77. The molecule has 0 aliphatic rings. The van der Waals surface area contributed by atoms with E-state index in [2.05, 4.69) is 33.3 Å². The number of amides is 1. The van der Waals surface area contributed by atoms with Crippen LogP contribution in [0.15, 0.2) is 73.3 Å². The Bertz CT molecular complexity index is 1290. The fourth-order valence-corrected chi connectivity index (χ4v) is 3.78. The summed E-state index contributed by atoms with van der Waals surface area (Å²) in [5.74, 6) is 0.648. The molecule has 0 unspecified atom stereocenters. The fourth-order valence-electron chi connectivity index (χ4n) is 3.78. The molecule has 3 aromatic heterocycles. The molecule has 6 nitrogen and oxygen atoms in total. The molecule has 172 valence electrons. The Morgan fingerprint density at radius 2 is 1.82 bits per heavy atom. The third-order valence-corrected chi connectivity index (χ3v) is 5.51. The number of nitrogens with zero attached hydrogens (tertiary/aromatic N) is 3. The Balaban J connectivity index is 1.65. The van der Waals surface area contributed by atoms with Crippen molar-refractivity contribution < 1.29 is 9.53 Å². The highest BCUT2D eigenvalue weighted by Crippen LogP contribution is 2.26. The van der Waals surface area contributed by atoms with E-state index in [0.717, 1.165) is 40.0 Å². The Hall–Kier alpha value is -4.06. The van der Waals surface area contributed by atoms with E-state index < -0.39 is 0 Å². The van der Waals surface area contributed by atoms with Crippen LogP contribution >= 0.6 is 0 Å². The highest BCUT2D eigenvalue weighted by atomic mass is 16.5. The van der Waals surface area contributed by atoms with Gasteiger partial charge in [-0.15, -0.1) is 0 Å². The summed E-state index contributed by atoms with van der Waals surface area (Å²) in [4.78, 5) is 26.7. The largest absolute Gasteiger partial charge is 0.494 e. The quantitative estimate of drug-likeness (QED) is 0.387. The zero-order chi connectivity index (χ0) is 23.9. The molecule has 34 heavy (non-hydrogen) atoms. The number of hydrogen-bond donors (Lipinski definition) is 1. The number of ether oxygens (including phenoxy) is 1. The molecule has 3 heterocycles. The molecule has 0 spiro atoms. The minimum Gasteiger partial charge on any atom is -0.494 e. The summed E-state index contributed by atoms with van der Waals surface area (Å²) in [5, 5.41) is 3.04. The number of aromatic nitrogens is 3. The molecule has 0 radical (unpaired) electrons. The van der Waals surface area contributed by atoms with E-state index in [1.54, 1.807) is 24.8 Å². The lowest BCUT2D eigenvalue weighted by molar-refractivity contribution is 0.0951. The molecule has 4 rings (SSSR count). The van der Waals surface area contributed by atoms with Gasteiger partial charge in [0.2, 0.25) is 0 Å². The summed E-state index contributed by atoms with van der Waals surface area (Å²) in [6, 6.07) is 15.5. The number of aryl methyl sites for hydroxylation is 2. The summed E-state index contributed by atoms with van der Waals surface area (Å²) in [6.07, 6.45) is 7.92. The molecule has 0 atom stereocenters. The maximum absolute atomic E-state index is 13.4. The zero-order valence-corrected chi connectivity index (χ0v) is 19.7. The lowest BCUT2D eigenvalue weighted by Gasteiger charge is -2.13. The molecule has 4 aromatic rings. The number of carbonyl (C=O) groups excluding carboxylic acids is 1. The summed E-state index contributed by atoms with van der Waals surface area (Å²) >= 11 is 0. The summed E-state index contributed by atoms with van der Waals surface area (Å²) in [5.41, 5.74) is 6.55.